The third-order valence-corrected chi connectivity index (χ3v) is 5.93. The number of nitrogens with two attached hydrogens (primary N) is 1. The van der Waals surface area contributed by atoms with Crippen molar-refractivity contribution in [1.29, 1.82) is 0 Å². The van der Waals surface area contributed by atoms with E-state index in [1.54, 1.807) is 35.2 Å². The molecule has 3 aromatic rings. The van der Waals surface area contributed by atoms with Gasteiger partial charge in [-0.3, -0.25) is 24.4 Å². The fourth-order valence-corrected chi connectivity index (χ4v) is 4.40. The second kappa shape index (κ2) is 7.93. The Balaban J connectivity index is 1.56. The number of aromatic nitrogens is 2. The van der Waals surface area contributed by atoms with Crippen LogP contribution in [0, 0.1) is 12.7 Å². The van der Waals surface area contributed by atoms with Gasteiger partial charge in [0.15, 0.2) is 0 Å². The first-order valence-corrected chi connectivity index (χ1v) is 10.5. The van der Waals surface area contributed by atoms with Gasteiger partial charge in [0.25, 0.3) is 5.91 Å². The van der Waals surface area contributed by atoms with Gasteiger partial charge in [-0.1, -0.05) is 6.07 Å². The Kier molecular flexibility index (Phi) is 5.05. The van der Waals surface area contributed by atoms with Crippen molar-refractivity contribution in [2.24, 2.45) is 5.73 Å². The number of nitrogens with zero attached hydrogens (tertiary/aromatic N) is 4. The van der Waals surface area contributed by atoms with E-state index in [4.69, 9.17) is 10.5 Å². The molecule has 0 saturated carbocycles. The highest BCUT2D eigenvalue weighted by Crippen LogP contribution is 2.39. The van der Waals surface area contributed by atoms with Crippen molar-refractivity contribution in [3.8, 4) is 17.0 Å². The first kappa shape index (κ1) is 21.0. The van der Waals surface area contributed by atoms with Gasteiger partial charge in [-0.2, -0.15) is 0 Å². The molecule has 5 rings (SSSR count). The number of amides is 2. The van der Waals surface area contributed by atoms with E-state index in [1.807, 2.05) is 6.92 Å². The maximum atomic E-state index is 14.8. The zero-order chi connectivity index (χ0) is 23.3. The van der Waals surface area contributed by atoms with E-state index in [-0.39, 0.29) is 36.4 Å². The maximum absolute atomic E-state index is 14.8. The highest BCUT2D eigenvalue weighted by Gasteiger charge is 2.35. The lowest BCUT2D eigenvalue weighted by Crippen LogP contribution is -2.30. The number of aryl methyl sites for hydroxylation is 1. The molecule has 0 bridgehead atoms. The second-order valence-electron chi connectivity index (χ2n) is 8.22. The van der Waals surface area contributed by atoms with Crippen molar-refractivity contribution < 1.29 is 18.7 Å². The number of hydrogen-bond donors (Lipinski definition) is 1. The second-order valence-corrected chi connectivity index (χ2v) is 8.22. The molecule has 1 unspecified atom stereocenters. The van der Waals surface area contributed by atoms with Gasteiger partial charge in [-0.25, -0.2) is 9.37 Å². The van der Waals surface area contributed by atoms with Crippen LogP contribution in [0.25, 0.3) is 11.3 Å². The molecule has 0 spiro atoms. The quantitative estimate of drug-likeness (QED) is 0.660. The Hall–Kier alpha value is -3.85. The Morgan fingerprint density at radius 1 is 1.15 bits per heavy atom. The minimum Gasteiger partial charge on any atom is -0.496 e. The number of pyridine rings is 2. The average molecular weight is 447 g/mol. The summed E-state index contributed by atoms with van der Waals surface area (Å²) in [5, 5.41) is 0. The van der Waals surface area contributed by atoms with E-state index in [1.165, 1.54) is 24.3 Å². The van der Waals surface area contributed by atoms with Crippen LogP contribution in [0.15, 0.2) is 42.6 Å². The average Bonchev–Trinajstić information content (AvgIpc) is 3.31. The summed E-state index contributed by atoms with van der Waals surface area (Å²) in [6, 6.07) is 9.50. The zero-order valence-electron chi connectivity index (χ0n) is 18.2. The third-order valence-electron chi connectivity index (χ3n) is 5.93. The molecule has 33 heavy (non-hydrogen) atoms. The van der Waals surface area contributed by atoms with Crippen molar-refractivity contribution in [2.75, 3.05) is 23.5 Å². The van der Waals surface area contributed by atoms with Crippen LogP contribution in [0.4, 0.5) is 16.0 Å². The topological polar surface area (TPSA) is 102 Å². The molecular formula is C24H22FN5O3. The molecule has 1 aromatic carbocycles. The van der Waals surface area contributed by atoms with E-state index in [9.17, 15) is 14.0 Å². The highest BCUT2D eigenvalue weighted by atomic mass is 19.1. The summed E-state index contributed by atoms with van der Waals surface area (Å²) in [7, 11) is 1.46. The van der Waals surface area contributed by atoms with Crippen LogP contribution >= 0.6 is 0 Å². The normalized spacial score (nSPS) is 17.6. The SMILES string of the molecule is COc1cccc(F)c1-c1nccc2c1CN(c1cc(C)cc(N3CC(N)CC3=O)n1)C2=O. The largest absolute Gasteiger partial charge is 0.496 e. The van der Waals surface area contributed by atoms with Crippen molar-refractivity contribution in [2.45, 2.75) is 25.9 Å². The highest BCUT2D eigenvalue weighted by molar-refractivity contribution is 6.11. The number of carbonyl (C=O) groups excluding carboxylic acids is 2. The maximum Gasteiger partial charge on any atom is 0.260 e. The molecule has 0 aliphatic carbocycles. The molecule has 2 aromatic heterocycles. The van der Waals surface area contributed by atoms with Crippen LogP contribution < -0.4 is 20.3 Å². The van der Waals surface area contributed by atoms with Gasteiger partial charge in [0.05, 0.1) is 24.9 Å². The lowest BCUT2D eigenvalue weighted by Gasteiger charge is -2.20. The van der Waals surface area contributed by atoms with Gasteiger partial charge >= 0.3 is 0 Å². The molecule has 4 heterocycles. The molecule has 2 aliphatic heterocycles. The molecular weight excluding hydrogens is 425 g/mol. The third kappa shape index (κ3) is 3.50. The van der Waals surface area contributed by atoms with Crippen molar-refractivity contribution in [1.82, 2.24) is 9.97 Å². The molecule has 168 valence electrons. The molecule has 0 radical (unpaired) electrons. The summed E-state index contributed by atoms with van der Waals surface area (Å²) >= 11 is 0. The van der Waals surface area contributed by atoms with Crippen LogP contribution in [0.5, 0.6) is 5.75 Å². The number of benzene rings is 1. The number of methoxy groups -OCH3 is 1. The Bertz CT molecular complexity index is 1300. The minimum absolute atomic E-state index is 0.0966. The monoisotopic (exact) mass is 447 g/mol. The minimum atomic E-state index is -0.485. The summed E-state index contributed by atoms with van der Waals surface area (Å²) < 4.78 is 20.1. The van der Waals surface area contributed by atoms with E-state index < -0.39 is 5.82 Å². The number of fused-ring (bicyclic) bond motifs is 1. The van der Waals surface area contributed by atoms with Gasteiger partial charge in [0.2, 0.25) is 5.91 Å². The van der Waals surface area contributed by atoms with Crippen LogP contribution in [0.1, 0.15) is 27.9 Å². The van der Waals surface area contributed by atoms with E-state index in [0.29, 0.717) is 40.8 Å². The number of halogens is 1. The summed E-state index contributed by atoms with van der Waals surface area (Å²) in [6.45, 7) is 2.42. The van der Waals surface area contributed by atoms with E-state index in [2.05, 4.69) is 9.97 Å². The molecule has 2 aliphatic rings. The van der Waals surface area contributed by atoms with E-state index >= 15 is 0 Å². The van der Waals surface area contributed by atoms with Crippen molar-refractivity contribution in [3.63, 3.8) is 0 Å². The zero-order valence-corrected chi connectivity index (χ0v) is 18.2. The lowest BCUT2D eigenvalue weighted by molar-refractivity contribution is -0.117. The molecule has 1 fully saturated rings. The van der Waals surface area contributed by atoms with Gasteiger partial charge in [-0.15, -0.1) is 0 Å². The molecule has 2 N–H and O–H groups in total. The summed E-state index contributed by atoms with van der Waals surface area (Å²) in [6.07, 6.45) is 1.75. The molecule has 1 saturated heterocycles. The predicted octanol–water partition coefficient (Wildman–Crippen LogP) is 2.82. The Morgan fingerprint density at radius 2 is 1.91 bits per heavy atom. The standard InChI is InChI=1S/C24H22FN5O3/c1-13-8-19(29-11-14(26)10-21(29)31)28-20(9-13)30-12-16-15(24(30)32)6-7-27-23(16)22-17(25)4-3-5-18(22)33-2/h3-9,14H,10-12,26H2,1-2H3. The number of anilines is 2. The first-order valence-electron chi connectivity index (χ1n) is 10.5. The summed E-state index contributed by atoms with van der Waals surface area (Å²) in [5.41, 5.74) is 8.37. The first-order chi connectivity index (χ1) is 15.9. The van der Waals surface area contributed by atoms with Crippen molar-refractivity contribution >= 4 is 23.5 Å². The van der Waals surface area contributed by atoms with Gasteiger partial charge in [0.1, 0.15) is 23.2 Å². The fourth-order valence-electron chi connectivity index (χ4n) is 4.40. The number of rotatable bonds is 4. The number of carbonyl (C=O) groups is 2. The van der Waals surface area contributed by atoms with Gasteiger partial charge in [0, 0.05) is 36.3 Å². The number of ether oxygens (including phenoxy) is 1. The molecule has 8 nitrogen and oxygen atoms in total. The summed E-state index contributed by atoms with van der Waals surface area (Å²) in [4.78, 5) is 37.7. The molecule has 9 heteroatoms. The van der Waals surface area contributed by atoms with Crippen LogP contribution in [-0.2, 0) is 11.3 Å². The van der Waals surface area contributed by atoms with Crippen LogP contribution in [0.3, 0.4) is 0 Å². The molecule has 2 amide bonds. The lowest BCUT2D eigenvalue weighted by atomic mass is 10.0. The van der Waals surface area contributed by atoms with Gasteiger partial charge in [-0.05, 0) is 42.8 Å². The Labute approximate surface area is 189 Å². The van der Waals surface area contributed by atoms with Crippen LogP contribution in [0.2, 0.25) is 0 Å². The fraction of sp³-hybridized carbons (Fsp3) is 0.250. The summed E-state index contributed by atoms with van der Waals surface area (Å²) in [5.74, 6) is 0.354. The van der Waals surface area contributed by atoms with Crippen LogP contribution in [-0.4, -0.2) is 41.5 Å². The van der Waals surface area contributed by atoms with Crippen molar-refractivity contribution in [3.05, 3.63) is 65.1 Å². The number of hydrogen-bond acceptors (Lipinski definition) is 6. The molecule has 1 atom stereocenters. The predicted molar refractivity (Wildman–Crippen MR) is 121 cm³/mol. The smallest absolute Gasteiger partial charge is 0.260 e. The van der Waals surface area contributed by atoms with E-state index in [0.717, 1.165) is 5.56 Å². The Morgan fingerprint density at radius 3 is 2.61 bits per heavy atom. The van der Waals surface area contributed by atoms with Gasteiger partial charge < -0.3 is 10.5 Å².